The smallest absolute Gasteiger partial charge is 0.243 e. The minimum atomic E-state index is -4.84. The molecule has 10 aliphatic heterocycles. The largest absolute Gasteiger partial charge is 0.324 e. The van der Waals surface area contributed by atoms with Crippen molar-refractivity contribution in [3.05, 3.63) is 48.5 Å². The van der Waals surface area contributed by atoms with E-state index >= 15 is 67.3 Å². The fourth-order valence-corrected chi connectivity index (χ4v) is 31.1. The molecule has 0 amide bonds. The number of benzene rings is 4. The fourth-order valence-electron chi connectivity index (χ4n) is 17.5. The number of piperidine rings is 8. The molecule has 32 nitrogen and oxygen atoms in total. The van der Waals surface area contributed by atoms with Gasteiger partial charge in [-0.15, -0.1) is 0 Å². The maximum Gasteiger partial charge on any atom is 0.243 e. The Morgan fingerprint density at radius 3 is 0.670 bits per heavy atom. The Hall–Kier alpha value is -6.48. The van der Waals surface area contributed by atoms with E-state index in [0.717, 1.165) is 49.9 Å². The second-order valence-electron chi connectivity index (χ2n) is 30.7. The molecule has 602 valence electrons. The Balaban J connectivity index is 1.09. The molecule has 0 spiro atoms. The number of fused-ring (bicyclic) bond motifs is 20. The third-order valence-corrected chi connectivity index (χ3v) is 38.7. The zero-order valence-electron chi connectivity index (χ0n) is 62.0. The molecule has 0 saturated carbocycles. The molecule has 0 radical (unpaired) electrons. The minimum absolute atomic E-state index is 0.0206. The van der Waals surface area contributed by atoms with E-state index in [1.807, 2.05) is 0 Å². The summed E-state index contributed by atoms with van der Waals surface area (Å²) in [6, 6.07) is 9.11. The molecule has 3 aromatic heterocycles. The molecule has 0 unspecified atom stereocenters. The molecule has 0 atom stereocenters. The van der Waals surface area contributed by atoms with Crippen molar-refractivity contribution >= 4 is 124 Å². The van der Waals surface area contributed by atoms with Crippen molar-refractivity contribution in [3.63, 3.8) is 0 Å². The van der Waals surface area contributed by atoms with Crippen molar-refractivity contribution in [2.24, 2.45) is 0 Å². The minimum Gasteiger partial charge on any atom is -0.324 e. The van der Waals surface area contributed by atoms with E-state index in [1.165, 1.54) is 58.7 Å². The number of rotatable bonds is 16. The average Bonchev–Trinajstić information content (AvgIpc) is 1.54. The summed E-state index contributed by atoms with van der Waals surface area (Å²) in [5.74, 6) is -1.97. The van der Waals surface area contributed by atoms with Crippen LogP contribution >= 0.6 is 0 Å². The number of aromatic nitrogens is 8. The number of nitrogens with one attached hydrogen (secondary N) is 2. The van der Waals surface area contributed by atoms with Crippen LogP contribution in [0.25, 0.3) is 89.7 Å². The van der Waals surface area contributed by atoms with Crippen molar-refractivity contribution < 1.29 is 67.3 Å². The lowest BCUT2D eigenvalue weighted by molar-refractivity contribution is 0.345. The molecular formula is C72H90N16O16S8. The fraction of sp³-hybridized carbons (Fsp3) is 0.556. The topological polar surface area (TPSA) is 408 Å². The Morgan fingerprint density at radius 2 is 0.420 bits per heavy atom. The molecule has 8 fully saturated rings. The second-order valence-corrected chi connectivity index (χ2v) is 46.1. The lowest BCUT2D eigenvalue weighted by atomic mass is 10.1. The lowest BCUT2D eigenvalue weighted by Crippen LogP contribution is -2.37. The van der Waals surface area contributed by atoms with Crippen LogP contribution in [0.5, 0.6) is 0 Å². The van der Waals surface area contributed by atoms with E-state index in [0.29, 0.717) is 128 Å². The first-order valence-corrected chi connectivity index (χ1v) is 50.6. The first-order chi connectivity index (χ1) is 53.5. The van der Waals surface area contributed by atoms with Crippen LogP contribution in [0.1, 0.15) is 154 Å². The van der Waals surface area contributed by atoms with Gasteiger partial charge in [-0.2, -0.15) is 34.4 Å². The van der Waals surface area contributed by atoms with Crippen LogP contribution in [0.3, 0.4) is 0 Å². The quantitative estimate of drug-likeness (QED) is 0.0918. The highest BCUT2D eigenvalue weighted by Gasteiger charge is 2.43. The van der Waals surface area contributed by atoms with Gasteiger partial charge in [-0.25, -0.2) is 97.2 Å². The maximum absolute atomic E-state index is 16.0. The van der Waals surface area contributed by atoms with Gasteiger partial charge in [0.25, 0.3) is 0 Å². The van der Waals surface area contributed by atoms with Gasteiger partial charge in [0, 0.05) is 137 Å². The number of H-pyrrole nitrogens is 2. The Morgan fingerprint density at radius 1 is 0.214 bits per heavy atom. The molecule has 2 N–H and O–H groups in total. The molecule has 7 aromatic rings. The van der Waals surface area contributed by atoms with Crippen molar-refractivity contribution in [3.8, 4) is 45.6 Å². The Labute approximate surface area is 653 Å². The van der Waals surface area contributed by atoms with Crippen LogP contribution in [0.2, 0.25) is 0 Å². The highest BCUT2D eigenvalue weighted by atomic mass is 32.2. The molecule has 4 aromatic carbocycles. The summed E-state index contributed by atoms with van der Waals surface area (Å²) in [5.41, 5.74) is -2.78. The predicted octanol–water partition coefficient (Wildman–Crippen LogP) is 8.27. The second kappa shape index (κ2) is 29.9. The molecule has 10 aliphatic rings. The van der Waals surface area contributed by atoms with Crippen molar-refractivity contribution in [2.75, 3.05) is 105 Å². The van der Waals surface area contributed by atoms with Crippen LogP contribution in [-0.4, -0.2) is 246 Å². The summed E-state index contributed by atoms with van der Waals surface area (Å²) >= 11 is 0. The molecule has 40 heteroatoms. The van der Waals surface area contributed by atoms with Gasteiger partial charge in [0.15, 0.2) is 23.3 Å². The maximum atomic E-state index is 16.0. The van der Waals surface area contributed by atoms with Gasteiger partial charge in [-0.3, -0.25) is 0 Å². The average molecular weight is 1690 g/mol. The molecule has 17 rings (SSSR count). The van der Waals surface area contributed by atoms with Crippen LogP contribution in [0.4, 0.5) is 0 Å². The molecule has 0 aliphatic carbocycles. The summed E-state index contributed by atoms with van der Waals surface area (Å²) in [4.78, 5) is 33.0. The van der Waals surface area contributed by atoms with E-state index < -0.39 is 154 Å². The summed E-state index contributed by atoms with van der Waals surface area (Å²) in [6.07, 6.45) is 13.1. The zero-order valence-corrected chi connectivity index (χ0v) is 68.5. The number of sulfonamides is 8. The Kier molecular flexibility index (Phi) is 20.8. The van der Waals surface area contributed by atoms with E-state index in [2.05, 4.69) is 9.97 Å². The van der Waals surface area contributed by atoms with Crippen LogP contribution < -0.4 is 0 Å². The van der Waals surface area contributed by atoms with Gasteiger partial charge in [0.05, 0.1) is 50.3 Å². The molecular weight excluding hydrogens is 1600 g/mol. The molecule has 8 bridgehead atoms. The van der Waals surface area contributed by atoms with E-state index in [4.69, 9.17) is 29.9 Å². The Bertz CT molecular complexity index is 5790. The highest BCUT2D eigenvalue weighted by molar-refractivity contribution is 7.92. The SMILES string of the molecule is O=S(=O)(c1cc2c(c(S(=O)(=O)N3CCCCC3)c1)-c1nc-2nc2[nH]c(nc3nc(nc4[nH]c(n1)c1c(S(=O)(=O)N5CCCCC5)cc(S(=O)(=O)N5CCCCC5)cc41)-c1cc(S(=O)(=O)N4CCCCC4)cc(S(=O)(=O)N4CCCCC4)c1-3)c1c(S(=O)(=O)N3CCCCC3)cc(S(=O)(=O)N3CCCCC3)cc21)N1CCCCC1. The monoisotopic (exact) mass is 1690 g/mol. The van der Waals surface area contributed by atoms with Crippen LogP contribution in [-0.2, 0) is 80.2 Å². The van der Waals surface area contributed by atoms with E-state index in [1.54, 1.807) is 0 Å². The van der Waals surface area contributed by atoms with Crippen molar-refractivity contribution in [1.82, 2.24) is 74.3 Å². The normalized spacial score (nSPS) is 21.1. The number of hydrogen-bond donors (Lipinski definition) is 2. The summed E-state index contributed by atoms with van der Waals surface area (Å²) in [6.45, 7) is 0.909. The van der Waals surface area contributed by atoms with Gasteiger partial charge in [-0.1, -0.05) is 51.4 Å². The summed E-state index contributed by atoms with van der Waals surface area (Å²) in [7, 11) is -37.8. The van der Waals surface area contributed by atoms with Crippen LogP contribution in [0, 0.1) is 0 Å². The number of aromatic amines is 2. The number of nitrogens with zero attached hydrogens (tertiary/aromatic N) is 14. The van der Waals surface area contributed by atoms with Gasteiger partial charge in [0.2, 0.25) is 80.2 Å². The molecule has 13 heterocycles. The standard InChI is InChI=1S/C72H90N16O16S8/c89-105(90,81-25-9-1-10-26-81)49-41-53-61(57(45-49)109(97,98)85-33-17-5-18-34-85)69-75-65(53)73-66-54-42-50(106(91,92)82-27-11-2-12-28-82)46-58(110(99,100)86-35-19-6-20-36-86)62(54)71(76-66)80-72-64-56(44-52(108(95,96)84-31-15-4-16-32-84)48-60(64)112(103,104)88-39-23-8-24-40-88)68(78-72)74-67-55-43-51(107(93,94)83-29-13-3-14-30-83)47-59(63(55)70(77-67)79-69)111(101,102)87-37-21-7-22-38-87/h41-48H,1-40H2,(H2,73,74,75,76,77,78,79,80). The van der Waals surface area contributed by atoms with Gasteiger partial charge in [-0.05, 0) is 151 Å². The first kappa shape index (κ1) is 78.1. The van der Waals surface area contributed by atoms with E-state index in [9.17, 15) is 0 Å². The molecule has 112 heavy (non-hydrogen) atoms. The van der Waals surface area contributed by atoms with Crippen LogP contribution in [0.15, 0.2) is 87.7 Å². The van der Waals surface area contributed by atoms with Gasteiger partial charge >= 0.3 is 0 Å². The third kappa shape index (κ3) is 13.7. The summed E-state index contributed by atoms with van der Waals surface area (Å²) < 4.78 is 262. The van der Waals surface area contributed by atoms with Gasteiger partial charge in [0.1, 0.15) is 22.6 Å². The first-order valence-electron chi connectivity index (χ1n) is 39.1. The third-order valence-electron chi connectivity index (χ3n) is 23.5. The van der Waals surface area contributed by atoms with Crippen molar-refractivity contribution in [1.29, 1.82) is 0 Å². The predicted molar refractivity (Wildman–Crippen MR) is 417 cm³/mol. The number of hydrogen-bond acceptors (Lipinski definition) is 22. The zero-order chi connectivity index (χ0) is 78.1. The molecule has 8 saturated heterocycles. The van der Waals surface area contributed by atoms with Gasteiger partial charge < -0.3 is 9.97 Å². The van der Waals surface area contributed by atoms with E-state index in [-0.39, 0.29) is 160 Å². The highest BCUT2D eigenvalue weighted by Crippen LogP contribution is 2.48. The summed E-state index contributed by atoms with van der Waals surface area (Å²) in [5, 5.41) is -1.05. The van der Waals surface area contributed by atoms with Crippen molar-refractivity contribution in [2.45, 2.75) is 193 Å². The lowest BCUT2D eigenvalue weighted by Gasteiger charge is -2.28.